The fraction of sp³-hybridized carbons (Fsp3) is 0.625. The smallest absolute Gasteiger partial charge is 0.0570 e. The van der Waals surface area contributed by atoms with E-state index in [4.69, 9.17) is 0 Å². The van der Waals surface area contributed by atoms with E-state index in [1.807, 2.05) is 6.20 Å². The Labute approximate surface area is 66.4 Å². The minimum atomic E-state index is 0.485. The van der Waals surface area contributed by atoms with Gasteiger partial charge < -0.3 is 5.32 Å². The molecule has 0 fully saturated rings. The van der Waals surface area contributed by atoms with Crippen molar-refractivity contribution in [3.63, 3.8) is 0 Å². The summed E-state index contributed by atoms with van der Waals surface area (Å²) < 4.78 is 2.09. The van der Waals surface area contributed by atoms with Crippen molar-refractivity contribution < 1.29 is 0 Å². The Bertz CT molecular complexity index is 262. The molecule has 0 saturated carbocycles. The normalized spacial score (nSPS) is 15.9. The first-order chi connectivity index (χ1) is 5.29. The predicted molar refractivity (Wildman–Crippen MR) is 43.2 cm³/mol. The highest BCUT2D eigenvalue weighted by Crippen LogP contribution is 2.17. The quantitative estimate of drug-likeness (QED) is 0.650. The van der Waals surface area contributed by atoms with Crippen molar-refractivity contribution in [2.45, 2.75) is 33.0 Å². The number of fused-ring (bicyclic) bond motifs is 1. The molecule has 2 rings (SSSR count). The van der Waals surface area contributed by atoms with Gasteiger partial charge in [0.05, 0.1) is 11.9 Å². The molecule has 2 heterocycles. The molecule has 0 atom stereocenters. The predicted octanol–water partition coefficient (Wildman–Crippen LogP) is 1.07. The maximum atomic E-state index is 4.31. The summed E-state index contributed by atoms with van der Waals surface area (Å²) in [6.45, 7) is 6.28. The lowest BCUT2D eigenvalue weighted by atomic mass is 10.3. The molecule has 0 aliphatic carbocycles. The molecule has 0 spiro atoms. The number of hydrogen-bond acceptors (Lipinski definition) is 2. The third kappa shape index (κ3) is 0.959. The molecule has 11 heavy (non-hydrogen) atoms. The third-order valence-electron chi connectivity index (χ3n) is 2.08. The van der Waals surface area contributed by atoms with Crippen LogP contribution in [0.1, 0.15) is 31.1 Å². The van der Waals surface area contributed by atoms with E-state index in [2.05, 4.69) is 28.9 Å². The molecule has 1 aliphatic rings. The number of hydrogen-bond donors (Lipinski definition) is 1. The summed E-state index contributed by atoms with van der Waals surface area (Å²) in [6.07, 6.45) is 1.97. The highest BCUT2D eigenvalue weighted by molar-refractivity contribution is 5.21. The Morgan fingerprint density at radius 3 is 3.09 bits per heavy atom. The van der Waals surface area contributed by atoms with Crippen LogP contribution in [0.2, 0.25) is 0 Å². The van der Waals surface area contributed by atoms with Gasteiger partial charge in [0.25, 0.3) is 0 Å². The fourth-order valence-corrected chi connectivity index (χ4v) is 1.53. The Morgan fingerprint density at radius 1 is 1.55 bits per heavy atom. The summed E-state index contributed by atoms with van der Waals surface area (Å²) in [6, 6.07) is 0.485. The van der Waals surface area contributed by atoms with Gasteiger partial charge >= 0.3 is 0 Å². The lowest BCUT2D eigenvalue weighted by Gasteiger charge is -2.08. The van der Waals surface area contributed by atoms with E-state index in [9.17, 15) is 0 Å². The van der Waals surface area contributed by atoms with Gasteiger partial charge in [0.1, 0.15) is 0 Å². The highest BCUT2D eigenvalue weighted by atomic mass is 15.3. The van der Waals surface area contributed by atoms with Crippen LogP contribution in [-0.2, 0) is 13.1 Å². The van der Waals surface area contributed by atoms with Crippen molar-refractivity contribution in [2.75, 3.05) is 0 Å². The van der Waals surface area contributed by atoms with Crippen molar-refractivity contribution in [1.29, 1.82) is 0 Å². The fourth-order valence-electron chi connectivity index (χ4n) is 1.53. The second kappa shape index (κ2) is 2.34. The minimum Gasteiger partial charge on any atom is -0.307 e. The maximum Gasteiger partial charge on any atom is 0.0570 e. The van der Waals surface area contributed by atoms with E-state index in [1.54, 1.807) is 0 Å². The summed E-state index contributed by atoms with van der Waals surface area (Å²) in [5, 5.41) is 7.62. The first-order valence-corrected chi connectivity index (χ1v) is 4.05. The zero-order valence-corrected chi connectivity index (χ0v) is 6.96. The molecule has 0 bridgehead atoms. The van der Waals surface area contributed by atoms with Crippen molar-refractivity contribution >= 4 is 0 Å². The number of nitrogens with one attached hydrogen (secondary N) is 1. The van der Waals surface area contributed by atoms with Gasteiger partial charge in [-0.2, -0.15) is 5.10 Å². The van der Waals surface area contributed by atoms with Crippen LogP contribution in [-0.4, -0.2) is 9.78 Å². The van der Waals surface area contributed by atoms with Crippen LogP contribution in [0.5, 0.6) is 0 Å². The maximum absolute atomic E-state index is 4.31. The van der Waals surface area contributed by atoms with Crippen LogP contribution < -0.4 is 5.32 Å². The zero-order chi connectivity index (χ0) is 7.84. The van der Waals surface area contributed by atoms with E-state index in [0.29, 0.717) is 6.04 Å². The largest absolute Gasteiger partial charge is 0.307 e. The average Bonchev–Trinajstić information content (AvgIpc) is 2.41. The molecule has 0 amide bonds. The van der Waals surface area contributed by atoms with Crippen LogP contribution in [0.15, 0.2) is 6.20 Å². The number of aromatic nitrogens is 2. The lowest BCUT2D eigenvalue weighted by Crippen LogP contribution is -2.10. The summed E-state index contributed by atoms with van der Waals surface area (Å²) in [5.74, 6) is 0. The molecule has 1 aromatic heterocycles. The SMILES string of the molecule is CC(C)n1ncc2c1CNC2. The molecule has 3 nitrogen and oxygen atoms in total. The molecule has 0 unspecified atom stereocenters. The highest BCUT2D eigenvalue weighted by Gasteiger charge is 2.16. The Morgan fingerprint density at radius 2 is 2.36 bits per heavy atom. The average molecular weight is 151 g/mol. The van der Waals surface area contributed by atoms with E-state index >= 15 is 0 Å². The molecular weight excluding hydrogens is 138 g/mol. The zero-order valence-electron chi connectivity index (χ0n) is 6.96. The minimum absolute atomic E-state index is 0.485. The first kappa shape index (κ1) is 6.85. The van der Waals surface area contributed by atoms with Gasteiger partial charge in [-0.15, -0.1) is 0 Å². The van der Waals surface area contributed by atoms with E-state index < -0.39 is 0 Å². The van der Waals surface area contributed by atoms with Gasteiger partial charge in [0.15, 0.2) is 0 Å². The van der Waals surface area contributed by atoms with E-state index in [-0.39, 0.29) is 0 Å². The lowest BCUT2D eigenvalue weighted by molar-refractivity contribution is 0.505. The monoisotopic (exact) mass is 151 g/mol. The molecule has 0 radical (unpaired) electrons. The first-order valence-electron chi connectivity index (χ1n) is 4.05. The van der Waals surface area contributed by atoms with Crippen molar-refractivity contribution in [2.24, 2.45) is 0 Å². The molecule has 0 aromatic carbocycles. The second-order valence-corrected chi connectivity index (χ2v) is 3.26. The van der Waals surface area contributed by atoms with Crippen LogP contribution in [0.4, 0.5) is 0 Å². The summed E-state index contributed by atoms with van der Waals surface area (Å²) in [7, 11) is 0. The molecule has 1 aliphatic heterocycles. The molecule has 0 saturated heterocycles. The van der Waals surface area contributed by atoms with Gasteiger partial charge in [-0.3, -0.25) is 4.68 Å². The number of nitrogens with zero attached hydrogens (tertiary/aromatic N) is 2. The summed E-state index contributed by atoms with van der Waals surface area (Å²) in [4.78, 5) is 0. The van der Waals surface area contributed by atoms with Crippen molar-refractivity contribution in [3.05, 3.63) is 17.5 Å². The van der Waals surface area contributed by atoms with E-state index in [1.165, 1.54) is 11.3 Å². The van der Waals surface area contributed by atoms with Gasteiger partial charge in [-0.25, -0.2) is 0 Å². The van der Waals surface area contributed by atoms with Crippen LogP contribution in [0.25, 0.3) is 0 Å². The van der Waals surface area contributed by atoms with Crippen LogP contribution in [0.3, 0.4) is 0 Å². The number of rotatable bonds is 1. The van der Waals surface area contributed by atoms with Gasteiger partial charge in [0, 0.05) is 24.7 Å². The molecule has 3 heteroatoms. The third-order valence-corrected chi connectivity index (χ3v) is 2.08. The topological polar surface area (TPSA) is 29.9 Å². The Balaban J connectivity index is 2.42. The molecule has 60 valence electrons. The molecule has 1 N–H and O–H groups in total. The van der Waals surface area contributed by atoms with Gasteiger partial charge in [-0.1, -0.05) is 0 Å². The van der Waals surface area contributed by atoms with Gasteiger partial charge in [-0.05, 0) is 13.8 Å². The Kier molecular flexibility index (Phi) is 1.46. The Hall–Kier alpha value is -0.830. The summed E-state index contributed by atoms with van der Waals surface area (Å²) in [5.41, 5.74) is 2.72. The molecular formula is C8H13N3. The van der Waals surface area contributed by atoms with E-state index in [0.717, 1.165) is 13.1 Å². The van der Waals surface area contributed by atoms with Crippen molar-refractivity contribution in [3.8, 4) is 0 Å². The van der Waals surface area contributed by atoms with Crippen molar-refractivity contribution in [1.82, 2.24) is 15.1 Å². The standard InChI is InChI=1S/C8H13N3/c1-6(2)11-8-5-9-3-7(8)4-10-11/h4,6,9H,3,5H2,1-2H3. The van der Waals surface area contributed by atoms with Crippen LogP contribution in [0, 0.1) is 0 Å². The molecule has 1 aromatic rings. The van der Waals surface area contributed by atoms with Crippen LogP contribution >= 0.6 is 0 Å². The second-order valence-electron chi connectivity index (χ2n) is 3.26. The summed E-state index contributed by atoms with van der Waals surface area (Å²) >= 11 is 0. The van der Waals surface area contributed by atoms with Gasteiger partial charge in [0.2, 0.25) is 0 Å².